The molecule has 40 heavy (non-hydrogen) atoms. The third-order valence-corrected chi connectivity index (χ3v) is 8.55. The molecule has 2 bridgehead atoms. The minimum atomic E-state index is -0.259. The first-order valence-corrected chi connectivity index (χ1v) is 13.7. The molecule has 1 aliphatic carbocycles. The van der Waals surface area contributed by atoms with Crippen molar-refractivity contribution >= 4 is 28.6 Å². The van der Waals surface area contributed by atoms with E-state index in [1.165, 1.54) is 0 Å². The van der Waals surface area contributed by atoms with Gasteiger partial charge in [0.15, 0.2) is 18.2 Å². The molecule has 3 aromatic heterocycles. The van der Waals surface area contributed by atoms with Crippen LogP contribution in [0.5, 0.6) is 11.6 Å². The Morgan fingerprint density at radius 1 is 1.20 bits per heavy atom. The lowest BCUT2D eigenvalue weighted by Crippen LogP contribution is -2.62. The van der Waals surface area contributed by atoms with Crippen LogP contribution in [0.4, 0.5) is 11.6 Å². The van der Waals surface area contributed by atoms with Gasteiger partial charge in [-0.05, 0) is 62.3 Å². The summed E-state index contributed by atoms with van der Waals surface area (Å²) >= 11 is 0. The highest BCUT2D eigenvalue weighted by molar-refractivity contribution is 5.94. The van der Waals surface area contributed by atoms with Gasteiger partial charge in [0.2, 0.25) is 5.88 Å². The number of carbonyl (C=O) groups is 1. The van der Waals surface area contributed by atoms with Gasteiger partial charge in [0.05, 0.1) is 41.0 Å². The molecule has 4 aliphatic rings. The summed E-state index contributed by atoms with van der Waals surface area (Å²) in [5.41, 5.74) is 2.33. The monoisotopic (exact) mass is 544 g/mol. The SMILES string of the molecule is CN(c1ccc2c(n1)NC(=O)CO2)C12CCC(CCc3c(C#N)cnc4ccc(OCCCO)nc34)(CC1)OC2. The van der Waals surface area contributed by atoms with E-state index >= 15 is 0 Å². The molecule has 3 aliphatic heterocycles. The van der Waals surface area contributed by atoms with Crippen LogP contribution in [0.15, 0.2) is 30.5 Å². The summed E-state index contributed by atoms with van der Waals surface area (Å²) in [5.74, 6) is 2.05. The Morgan fingerprint density at radius 2 is 2.05 bits per heavy atom. The van der Waals surface area contributed by atoms with Gasteiger partial charge in [-0.1, -0.05) is 0 Å². The van der Waals surface area contributed by atoms with E-state index in [4.69, 9.17) is 19.3 Å². The van der Waals surface area contributed by atoms with Gasteiger partial charge in [0.1, 0.15) is 11.9 Å². The highest BCUT2D eigenvalue weighted by Gasteiger charge is 2.52. The Bertz CT molecular complexity index is 1460. The van der Waals surface area contributed by atoms with Crippen molar-refractivity contribution in [2.24, 2.45) is 0 Å². The van der Waals surface area contributed by atoms with Gasteiger partial charge in [-0.25, -0.2) is 9.97 Å². The quantitative estimate of drug-likeness (QED) is 0.386. The Kier molecular flexibility index (Phi) is 6.90. The summed E-state index contributed by atoms with van der Waals surface area (Å²) in [6.45, 7) is 1.00. The molecule has 208 valence electrons. The van der Waals surface area contributed by atoms with Gasteiger partial charge in [-0.15, -0.1) is 0 Å². The molecular formula is C29H32N6O5. The summed E-state index contributed by atoms with van der Waals surface area (Å²) in [6.07, 6.45) is 7.26. The van der Waals surface area contributed by atoms with E-state index in [2.05, 4.69) is 31.2 Å². The highest BCUT2D eigenvalue weighted by Crippen LogP contribution is 2.49. The number of hydrogen-bond donors (Lipinski definition) is 2. The number of pyridine rings is 3. The Morgan fingerprint density at radius 3 is 2.80 bits per heavy atom. The Hall–Kier alpha value is -4.01. The number of fused-ring (bicyclic) bond motifs is 5. The number of aryl methyl sites for hydroxylation is 1. The number of nitriles is 1. The van der Waals surface area contributed by atoms with Crippen LogP contribution in [0.25, 0.3) is 11.0 Å². The zero-order chi connectivity index (χ0) is 27.7. The number of ether oxygens (including phenoxy) is 3. The van der Waals surface area contributed by atoms with Crippen molar-refractivity contribution in [2.75, 3.05) is 43.7 Å². The predicted octanol–water partition coefficient (Wildman–Crippen LogP) is 3.14. The second kappa shape index (κ2) is 10.5. The van der Waals surface area contributed by atoms with Crippen LogP contribution >= 0.6 is 0 Å². The van der Waals surface area contributed by atoms with Crippen LogP contribution in [-0.2, 0) is 16.0 Å². The molecule has 0 spiro atoms. The first-order chi connectivity index (χ1) is 19.4. The molecule has 1 saturated carbocycles. The van der Waals surface area contributed by atoms with E-state index in [1.54, 1.807) is 12.3 Å². The van der Waals surface area contributed by atoms with Gasteiger partial charge in [-0.3, -0.25) is 9.78 Å². The molecule has 2 saturated heterocycles. The molecule has 7 rings (SSSR count). The van der Waals surface area contributed by atoms with E-state index < -0.39 is 0 Å². The number of amides is 1. The zero-order valence-corrected chi connectivity index (χ0v) is 22.5. The number of nitrogens with zero attached hydrogens (tertiary/aromatic N) is 5. The molecule has 2 N–H and O–H groups in total. The molecule has 3 aromatic rings. The zero-order valence-electron chi connectivity index (χ0n) is 22.5. The first kappa shape index (κ1) is 26.2. The Labute approximate surface area is 232 Å². The molecule has 0 unspecified atom stereocenters. The molecule has 3 fully saturated rings. The second-order valence-corrected chi connectivity index (χ2v) is 10.8. The first-order valence-electron chi connectivity index (χ1n) is 13.7. The van der Waals surface area contributed by atoms with Gasteiger partial charge in [0, 0.05) is 32.3 Å². The van der Waals surface area contributed by atoms with E-state index in [1.807, 2.05) is 25.2 Å². The van der Waals surface area contributed by atoms with Crippen LogP contribution < -0.4 is 19.7 Å². The lowest BCUT2D eigenvalue weighted by Gasteiger charge is -2.57. The van der Waals surface area contributed by atoms with Crippen molar-refractivity contribution in [3.05, 3.63) is 41.6 Å². The van der Waals surface area contributed by atoms with Crippen molar-refractivity contribution < 1.29 is 24.1 Å². The average molecular weight is 545 g/mol. The fraction of sp³-hybridized carbons (Fsp3) is 0.483. The Balaban J connectivity index is 1.17. The average Bonchev–Trinajstić information content (AvgIpc) is 3.00. The number of aromatic nitrogens is 3. The minimum Gasteiger partial charge on any atom is -0.480 e. The van der Waals surface area contributed by atoms with E-state index in [0.717, 1.165) is 43.5 Å². The van der Waals surface area contributed by atoms with Crippen LogP contribution in [0.2, 0.25) is 0 Å². The normalized spacial score (nSPS) is 23.2. The maximum absolute atomic E-state index is 11.8. The number of hydrogen-bond acceptors (Lipinski definition) is 10. The number of aliphatic hydroxyl groups excluding tert-OH is 1. The fourth-order valence-corrected chi connectivity index (χ4v) is 6.01. The standard InChI is InChI=1S/C29H32N6O5/c1-35(23-5-4-22-27(32-23)33-24(37)17-39-22)28-9-11-29(12-10-28,40-18-28)8-7-20-19(15-30)16-31-21-3-6-25(34-26(20)21)38-14-2-13-36/h3-6,16,36H,2,7-14,17-18H2,1H3,(H,32,33,37). The smallest absolute Gasteiger partial charge is 0.263 e. The largest absolute Gasteiger partial charge is 0.480 e. The van der Waals surface area contributed by atoms with Crippen LogP contribution in [0.3, 0.4) is 0 Å². The molecule has 11 heteroatoms. The molecule has 1 amide bonds. The van der Waals surface area contributed by atoms with Crippen LogP contribution in [0.1, 0.15) is 49.7 Å². The molecule has 6 heterocycles. The number of likely N-dealkylation sites (N-methyl/N-ethyl adjacent to an activating group) is 1. The van der Waals surface area contributed by atoms with E-state index in [-0.39, 0.29) is 30.3 Å². The van der Waals surface area contributed by atoms with Crippen molar-refractivity contribution in [2.45, 2.75) is 56.1 Å². The van der Waals surface area contributed by atoms with Gasteiger partial charge in [-0.2, -0.15) is 5.26 Å². The number of anilines is 2. The summed E-state index contributed by atoms with van der Waals surface area (Å²) < 4.78 is 17.8. The molecule has 11 nitrogen and oxygen atoms in total. The maximum atomic E-state index is 11.8. The third-order valence-electron chi connectivity index (χ3n) is 8.55. The lowest BCUT2D eigenvalue weighted by atomic mass is 9.68. The van der Waals surface area contributed by atoms with Crippen LogP contribution in [-0.4, -0.2) is 70.6 Å². The van der Waals surface area contributed by atoms with E-state index in [9.17, 15) is 10.1 Å². The summed E-state index contributed by atoms with van der Waals surface area (Å²) in [5, 5.41) is 21.7. The topological polar surface area (TPSA) is 143 Å². The van der Waals surface area contributed by atoms with E-state index in [0.29, 0.717) is 60.1 Å². The number of nitrogens with one attached hydrogen (secondary N) is 1. The number of carbonyl (C=O) groups excluding carboxylic acids is 1. The molecule has 0 atom stereocenters. The molecule has 0 radical (unpaired) electrons. The van der Waals surface area contributed by atoms with Crippen molar-refractivity contribution in [3.63, 3.8) is 0 Å². The molecular weight excluding hydrogens is 512 g/mol. The fourth-order valence-electron chi connectivity index (χ4n) is 6.01. The molecule has 0 aromatic carbocycles. The summed E-state index contributed by atoms with van der Waals surface area (Å²) in [7, 11) is 2.04. The maximum Gasteiger partial charge on any atom is 0.263 e. The van der Waals surface area contributed by atoms with Gasteiger partial charge >= 0.3 is 0 Å². The summed E-state index contributed by atoms with van der Waals surface area (Å²) in [4.78, 5) is 27.7. The second-order valence-electron chi connectivity index (χ2n) is 10.8. The lowest BCUT2D eigenvalue weighted by molar-refractivity contribution is -0.156. The van der Waals surface area contributed by atoms with Crippen molar-refractivity contribution in [1.82, 2.24) is 15.0 Å². The minimum absolute atomic E-state index is 0.00447. The third kappa shape index (κ3) is 4.78. The van der Waals surface area contributed by atoms with Crippen molar-refractivity contribution in [3.8, 4) is 17.7 Å². The van der Waals surface area contributed by atoms with Gasteiger partial charge < -0.3 is 29.5 Å². The summed E-state index contributed by atoms with van der Waals surface area (Å²) in [6, 6.07) is 9.68. The van der Waals surface area contributed by atoms with Crippen LogP contribution in [0, 0.1) is 11.3 Å². The number of rotatable bonds is 9. The van der Waals surface area contributed by atoms with Gasteiger partial charge in [0.25, 0.3) is 5.91 Å². The number of aliphatic hydroxyl groups is 1. The predicted molar refractivity (Wildman–Crippen MR) is 146 cm³/mol. The van der Waals surface area contributed by atoms with Crippen molar-refractivity contribution in [1.29, 1.82) is 5.26 Å². The highest BCUT2D eigenvalue weighted by atomic mass is 16.5.